The van der Waals surface area contributed by atoms with E-state index in [1.54, 1.807) is 7.11 Å². The molecule has 0 aliphatic carbocycles. The zero-order valence-electron chi connectivity index (χ0n) is 9.86. The van der Waals surface area contributed by atoms with Crippen molar-refractivity contribution in [3.05, 3.63) is 35.5 Å². The van der Waals surface area contributed by atoms with Gasteiger partial charge in [0.15, 0.2) is 0 Å². The molecule has 4 heteroatoms. The molecular weight excluding hydrogens is 216 g/mol. The van der Waals surface area contributed by atoms with Gasteiger partial charge in [0.05, 0.1) is 19.0 Å². The van der Waals surface area contributed by atoms with Gasteiger partial charge in [-0.2, -0.15) is 0 Å². The summed E-state index contributed by atoms with van der Waals surface area (Å²) in [6.45, 7) is 1.93. The molecule has 0 unspecified atom stereocenters. The number of hydrogen-bond acceptors (Lipinski definition) is 3. The highest BCUT2D eigenvalue weighted by Gasteiger charge is 2.11. The van der Waals surface area contributed by atoms with Crippen molar-refractivity contribution < 1.29 is 9.53 Å². The molecule has 0 aliphatic rings. The van der Waals surface area contributed by atoms with E-state index < -0.39 is 0 Å². The van der Waals surface area contributed by atoms with E-state index in [9.17, 15) is 4.79 Å². The molecule has 2 rings (SSSR count). The first-order chi connectivity index (χ1) is 8.11. The number of pyridine rings is 1. The molecule has 0 saturated heterocycles. The van der Waals surface area contributed by atoms with Gasteiger partial charge < -0.3 is 10.5 Å². The molecule has 1 aromatic heterocycles. The van der Waals surface area contributed by atoms with Crippen LogP contribution in [0.2, 0.25) is 0 Å². The first-order valence-corrected chi connectivity index (χ1v) is 5.33. The summed E-state index contributed by atoms with van der Waals surface area (Å²) >= 11 is 0. The molecule has 1 aromatic carbocycles. The van der Waals surface area contributed by atoms with Crippen molar-refractivity contribution in [3.8, 4) is 5.75 Å². The number of rotatable bonds is 3. The molecule has 0 aliphatic heterocycles. The summed E-state index contributed by atoms with van der Waals surface area (Å²) in [5, 5.41) is 0.911. The SMILES string of the molecule is COc1ccc2nc(C)ccc2c1CC(N)=O. The molecule has 0 atom stereocenters. The third kappa shape index (κ3) is 2.20. The molecule has 2 N–H and O–H groups in total. The quantitative estimate of drug-likeness (QED) is 0.870. The fraction of sp³-hybridized carbons (Fsp3) is 0.231. The van der Waals surface area contributed by atoms with E-state index in [0.29, 0.717) is 5.75 Å². The van der Waals surface area contributed by atoms with Crippen molar-refractivity contribution in [2.45, 2.75) is 13.3 Å². The second-order valence-corrected chi connectivity index (χ2v) is 3.91. The first kappa shape index (κ1) is 11.4. The lowest BCUT2D eigenvalue weighted by atomic mass is 10.0. The summed E-state index contributed by atoms with van der Waals surface area (Å²) in [5.74, 6) is 0.290. The summed E-state index contributed by atoms with van der Waals surface area (Å²) in [7, 11) is 1.58. The van der Waals surface area contributed by atoms with Crippen molar-refractivity contribution in [1.29, 1.82) is 0 Å². The highest BCUT2D eigenvalue weighted by molar-refractivity contribution is 5.89. The number of amides is 1. The van der Waals surface area contributed by atoms with Gasteiger partial charge in [0.25, 0.3) is 0 Å². The molecule has 0 bridgehead atoms. The number of nitrogens with zero attached hydrogens (tertiary/aromatic N) is 1. The number of carbonyl (C=O) groups is 1. The Morgan fingerprint density at radius 3 is 2.76 bits per heavy atom. The molecule has 1 heterocycles. The average molecular weight is 230 g/mol. The van der Waals surface area contributed by atoms with Crippen LogP contribution in [0, 0.1) is 6.92 Å². The van der Waals surface area contributed by atoms with Crippen LogP contribution >= 0.6 is 0 Å². The largest absolute Gasteiger partial charge is 0.496 e. The van der Waals surface area contributed by atoms with Gasteiger partial charge in [-0.05, 0) is 25.1 Å². The third-order valence-corrected chi connectivity index (χ3v) is 2.65. The van der Waals surface area contributed by atoms with Crippen LogP contribution in [0.5, 0.6) is 5.75 Å². The van der Waals surface area contributed by atoms with Crippen LogP contribution in [-0.2, 0) is 11.2 Å². The van der Waals surface area contributed by atoms with Crippen LogP contribution in [0.25, 0.3) is 10.9 Å². The van der Waals surface area contributed by atoms with Crippen molar-refractivity contribution in [2.75, 3.05) is 7.11 Å². The molecule has 4 nitrogen and oxygen atoms in total. The van der Waals surface area contributed by atoms with Gasteiger partial charge in [0.1, 0.15) is 5.75 Å². The van der Waals surface area contributed by atoms with E-state index in [0.717, 1.165) is 22.2 Å². The standard InChI is InChI=1S/C13H14N2O2/c1-8-3-4-9-10(7-13(14)16)12(17-2)6-5-11(9)15-8/h3-6H,7H2,1-2H3,(H2,14,16). The number of carbonyl (C=O) groups excluding carboxylic acids is 1. The second-order valence-electron chi connectivity index (χ2n) is 3.91. The van der Waals surface area contributed by atoms with E-state index in [1.165, 1.54) is 0 Å². The van der Waals surface area contributed by atoms with Crippen molar-refractivity contribution in [3.63, 3.8) is 0 Å². The number of hydrogen-bond donors (Lipinski definition) is 1. The second kappa shape index (κ2) is 4.41. The fourth-order valence-electron chi connectivity index (χ4n) is 1.89. The molecule has 17 heavy (non-hydrogen) atoms. The minimum absolute atomic E-state index is 0.158. The van der Waals surface area contributed by atoms with E-state index in [-0.39, 0.29) is 12.3 Å². The Bertz CT molecular complexity index is 579. The van der Waals surface area contributed by atoms with E-state index >= 15 is 0 Å². The Hall–Kier alpha value is -2.10. The third-order valence-electron chi connectivity index (χ3n) is 2.65. The van der Waals surface area contributed by atoms with Gasteiger partial charge in [-0.15, -0.1) is 0 Å². The van der Waals surface area contributed by atoms with Crippen LogP contribution in [-0.4, -0.2) is 18.0 Å². The Labute approximate surface area is 99.4 Å². The van der Waals surface area contributed by atoms with E-state index in [4.69, 9.17) is 10.5 Å². The minimum atomic E-state index is -0.378. The van der Waals surface area contributed by atoms with E-state index in [1.807, 2.05) is 31.2 Å². The highest BCUT2D eigenvalue weighted by atomic mass is 16.5. The van der Waals surface area contributed by atoms with Gasteiger partial charge in [-0.1, -0.05) is 6.07 Å². The zero-order chi connectivity index (χ0) is 12.4. The van der Waals surface area contributed by atoms with Crippen molar-refractivity contribution in [1.82, 2.24) is 4.98 Å². The van der Waals surface area contributed by atoms with Crippen LogP contribution in [0.4, 0.5) is 0 Å². The normalized spacial score (nSPS) is 10.5. The number of fused-ring (bicyclic) bond motifs is 1. The molecule has 0 spiro atoms. The average Bonchev–Trinajstić information content (AvgIpc) is 2.28. The lowest BCUT2D eigenvalue weighted by molar-refractivity contribution is -0.117. The van der Waals surface area contributed by atoms with Crippen molar-refractivity contribution >= 4 is 16.8 Å². The number of aromatic nitrogens is 1. The molecule has 2 aromatic rings. The Morgan fingerprint density at radius 2 is 2.12 bits per heavy atom. The lowest BCUT2D eigenvalue weighted by Crippen LogP contribution is -2.14. The van der Waals surface area contributed by atoms with Crippen LogP contribution in [0.3, 0.4) is 0 Å². The maximum absolute atomic E-state index is 11.1. The topological polar surface area (TPSA) is 65.2 Å². The predicted molar refractivity (Wildman–Crippen MR) is 65.9 cm³/mol. The summed E-state index contributed by atoms with van der Waals surface area (Å²) in [4.78, 5) is 15.5. The minimum Gasteiger partial charge on any atom is -0.496 e. The van der Waals surface area contributed by atoms with Crippen LogP contribution in [0.1, 0.15) is 11.3 Å². The number of ether oxygens (including phenoxy) is 1. The molecule has 0 radical (unpaired) electrons. The Kier molecular flexibility index (Phi) is 2.95. The van der Waals surface area contributed by atoms with Crippen LogP contribution < -0.4 is 10.5 Å². The number of primary amides is 1. The molecule has 0 fully saturated rings. The number of methoxy groups -OCH3 is 1. The lowest BCUT2D eigenvalue weighted by Gasteiger charge is -2.10. The van der Waals surface area contributed by atoms with Crippen molar-refractivity contribution in [2.24, 2.45) is 5.73 Å². The van der Waals surface area contributed by atoms with Gasteiger partial charge in [-0.3, -0.25) is 9.78 Å². The zero-order valence-corrected chi connectivity index (χ0v) is 9.86. The predicted octanol–water partition coefficient (Wildman–Crippen LogP) is 1.58. The molecule has 1 amide bonds. The molecule has 88 valence electrons. The number of benzene rings is 1. The van der Waals surface area contributed by atoms with E-state index in [2.05, 4.69) is 4.98 Å². The summed E-state index contributed by atoms with van der Waals surface area (Å²) in [6.07, 6.45) is 0.158. The Balaban J connectivity index is 2.69. The van der Waals surface area contributed by atoms with Crippen LogP contribution in [0.15, 0.2) is 24.3 Å². The smallest absolute Gasteiger partial charge is 0.222 e. The monoisotopic (exact) mass is 230 g/mol. The highest BCUT2D eigenvalue weighted by Crippen LogP contribution is 2.27. The van der Waals surface area contributed by atoms with Gasteiger partial charge in [0.2, 0.25) is 5.91 Å². The summed E-state index contributed by atoms with van der Waals surface area (Å²) in [5.41, 5.74) is 7.84. The first-order valence-electron chi connectivity index (χ1n) is 5.33. The Morgan fingerprint density at radius 1 is 1.35 bits per heavy atom. The number of nitrogens with two attached hydrogens (primary N) is 1. The fourth-order valence-corrected chi connectivity index (χ4v) is 1.89. The maximum Gasteiger partial charge on any atom is 0.222 e. The van der Waals surface area contributed by atoms with Gasteiger partial charge in [0, 0.05) is 16.6 Å². The molecule has 0 saturated carbocycles. The molecular formula is C13H14N2O2. The van der Waals surface area contributed by atoms with Gasteiger partial charge >= 0.3 is 0 Å². The van der Waals surface area contributed by atoms with Gasteiger partial charge in [-0.25, -0.2) is 0 Å². The summed E-state index contributed by atoms with van der Waals surface area (Å²) < 4.78 is 5.25. The number of aryl methyl sites for hydroxylation is 1. The maximum atomic E-state index is 11.1. The summed E-state index contributed by atoms with van der Waals surface area (Å²) in [6, 6.07) is 7.55.